The van der Waals surface area contributed by atoms with Crippen molar-refractivity contribution in [3.63, 3.8) is 0 Å². The number of benzene rings is 2. The highest BCUT2D eigenvalue weighted by atomic mass is 32.1. The Bertz CT molecular complexity index is 951. The van der Waals surface area contributed by atoms with Gasteiger partial charge in [-0.3, -0.25) is 9.69 Å². The second kappa shape index (κ2) is 8.17. The second-order valence-corrected chi connectivity index (χ2v) is 8.10. The monoisotopic (exact) mass is 392 g/mol. The van der Waals surface area contributed by atoms with E-state index < -0.39 is 0 Å². The molecule has 1 aliphatic rings. The van der Waals surface area contributed by atoms with Crippen molar-refractivity contribution in [2.24, 2.45) is 0 Å². The van der Waals surface area contributed by atoms with Crippen LogP contribution in [0, 0.1) is 6.92 Å². The van der Waals surface area contributed by atoms with E-state index >= 15 is 0 Å². The zero-order chi connectivity index (χ0) is 19.5. The second-order valence-electron chi connectivity index (χ2n) is 7.32. The molecule has 0 saturated carbocycles. The van der Waals surface area contributed by atoms with E-state index in [1.165, 1.54) is 29.2 Å². The molecule has 0 bridgehead atoms. The molecular weight excluding hydrogens is 368 g/mol. The van der Waals surface area contributed by atoms with E-state index in [4.69, 9.17) is 4.74 Å². The first-order valence-corrected chi connectivity index (χ1v) is 10.4. The summed E-state index contributed by atoms with van der Waals surface area (Å²) in [7, 11) is 0. The maximum absolute atomic E-state index is 11.2. The van der Waals surface area contributed by atoms with Gasteiger partial charge >= 0.3 is 0 Å². The molecule has 4 nitrogen and oxygen atoms in total. The fourth-order valence-corrected chi connectivity index (χ4v) is 4.29. The molecule has 144 valence electrons. The molecule has 1 aromatic heterocycles. The summed E-state index contributed by atoms with van der Waals surface area (Å²) in [6.45, 7) is 6.16. The lowest BCUT2D eigenvalue weighted by molar-refractivity contribution is -0.114. The number of hydrogen-bond acceptors (Lipinski definition) is 4. The lowest BCUT2D eigenvalue weighted by Crippen LogP contribution is -2.27. The van der Waals surface area contributed by atoms with Crippen LogP contribution in [0.3, 0.4) is 0 Å². The van der Waals surface area contributed by atoms with Crippen molar-refractivity contribution >= 4 is 22.9 Å². The third-order valence-corrected chi connectivity index (χ3v) is 5.60. The molecule has 1 atom stereocenters. The molecule has 2 heterocycles. The van der Waals surface area contributed by atoms with Gasteiger partial charge in [-0.1, -0.05) is 29.8 Å². The molecule has 1 amide bonds. The van der Waals surface area contributed by atoms with Crippen molar-refractivity contribution in [2.75, 3.05) is 11.9 Å². The Morgan fingerprint density at radius 2 is 2.04 bits per heavy atom. The highest BCUT2D eigenvalue weighted by molar-refractivity contribution is 7.07. The molecule has 2 aromatic carbocycles. The Morgan fingerprint density at radius 3 is 2.75 bits per heavy atom. The van der Waals surface area contributed by atoms with Gasteiger partial charge in [0.15, 0.2) is 0 Å². The van der Waals surface area contributed by atoms with Crippen LogP contribution in [-0.2, 0) is 17.9 Å². The Hall–Kier alpha value is -2.63. The van der Waals surface area contributed by atoms with Gasteiger partial charge in [-0.15, -0.1) is 0 Å². The van der Waals surface area contributed by atoms with Gasteiger partial charge in [-0.2, -0.15) is 11.3 Å². The van der Waals surface area contributed by atoms with E-state index in [2.05, 4.69) is 64.3 Å². The van der Waals surface area contributed by atoms with Gasteiger partial charge in [0.05, 0.1) is 0 Å². The summed E-state index contributed by atoms with van der Waals surface area (Å²) in [4.78, 5) is 13.6. The van der Waals surface area contributed by atoms with Gasteiger partial charge in [0.25, 0.3) is 0 Å². The number of thiophene rings is 1. The van der Waals surface area contributed by atoms with E-state index in [-0.39, 0.29) is 12.0 Å². The lowest BCUT2D eigenvalue weighted by atomic mass is 10.1. The average molecular weight is 393 g/mol. The highest BCUT2D eigenvalue weighted by Crippen LogP contribution is 2.33. The number of carbonyl (C=O) groups excluding carboxylic acids is 1. The SMILES string of the molecule is CC(=O)Nc1ccc(CN2Cc3cc(C)ccc3OC(c3ccsc3)C2)cc1. The first-order valence-electron chi connectivity index (χ1n) is 9.44. The van der Waals surface area contributed by atoms with Crippen molar-refractivity contribution in [2.45, 2.75) is 33.0 Å². The normalized spacial score (nSPS) is 16.7. The summed E-state index contributed by atoms with van der Waals surface area (Å²) < 4.78 is 6.40. The summed E-state index contributed by atoms with van der Waals surface area (Å²) >= 11 is 1.70. The smallest absolute Gasteiger partial charge is 0.221 e. The molecule has 5 heteroatoms. The van der Waals surface area contributed by atoms with Gasteiger partial charge < -0.3 is 10.1 Å². The number of ether oxygens (including phenoxy) is 1. The number of aryl methyl sites for hydroxylation is 1. The Morgan fingerprint density at radius 1 is 1.21 bits per heavy atom. The molecule has 28 heavy (non-hydrogen) atoms. The molecule has 4 rings (SSSR count). The summed E-state index contributed by atoms with van der Waals surface area (Å²) in [5.41, 5.74) is 5.75. The van der Waals surface area contributed by atoms with Crippen LogP contribution in [0.2, 0.25) is 0 Å². The number of rotatable bonds is 4. The third-order valence-electron chi connectivity index (χ3n) is 4.90. The van der Waals surface area contributed by atoms with Gasteiger partial charge in [0, 0.05) is 43.4 Å². The van der Waals surface area contributed by atoms with E-state index in [0.717, 1.165) is 31.1 Å². The van der Waals surface area contributed by atoms with Crippen molar-refractivity contribution in [1.82, 2.24) is 4.90 Å². The summed E-state index contributed by atoms with van der Waals surface area (Å²) in [5.74, 6) is 0.924. The molecule has 1 aliphatic heterocycles. The minimum absolute atomic E-state index is 0.0221. The van der Waals surface area contributed by atoms with Crippen LogP contribution < -0.4 is 10.1 Å². The number of anilines is 1. The van der Waals surface area contributed by atoms with Crippen LogP contribution in [0.25, 0.3) is 0 Å². The summed E-state index contributed by atoms with van der Waals surface area (Å²) in [6.07, 6.45) is 0.0221. The maximum atomic E-state index is 11.2. The number of nitrogens with one attached hydrogen (secondary N) is 1. The fraction of sp³-hybridized carbons (Fsp3) is 0.261. The standard InChI is InChI=1S/C23H24N2O2S/c1-16-3-8-22-20(11-16)13-25(14-23(27-22)19-9-10-28-15-19)12-18-4-6-21(7-5-18)24-17(2)26/h3-11,15,23H,12-14H2,1-2H3,(H,24,26). The highest BCUT2D eigenvalue weighted by Gasteiger charge is 2.24. The molecule has 0 fully saturated rings. The summed E-state index contributed by atoms with van der Waals surface area (Å²) in [6, 6.07) is 16.6. The van der Waals surface area contributed by atoms with E-state index in [0.29, 0.717) is 0 Å². The van der Waals surface area contributed by atoms with E-state index in [1.54, 1.807) is 11.3 Å². The van der Waals surface area contributed by atoms with Gasteiger partial charge in [0.1, 0.15) is 11.9 Å². The molecule has 1 N–H and O–H groups in total. The average Bonchev–Trinajstić information content (AvgIpc) is 3.13. The van der Waals surface area contributed by atoms with Gasteiger partial charge in [-0.25, -0.2) is 0 Å². The number of carbonyl (C=O) groups is 1. The maximum Gasteiger partial charge on any atom is 0.221 e. The fourth-order valence-electron chi connectivity index (χ4n) is 3.58. The molecule has 0 spiro atoms. The number of nitrogens with zero attached hydrogens (tertiary/aromatic N) is 1. The van der Waals surface area contributed by atoms with E-state index in [1.807, 2.05) is 12.1 Å². The van der Waals surface area contributed by atoms with Crippen molar-refractivity contribution in [1.29, 1.82) is 0 Å². The topological polar surface area (TPSA) is 41.6 Å². The third kappa shape index (κ3) is 4.43. The molecule has 0 radical (unpaired) electrons. The van der Waals surface area contributed by atoms with Crippen LogP contribution in [0.4, 0.5) is 5.69 Å². The number of fused-ring (bicyclic) bond motifs is 1. The zero-order valence-electron chi connectivity index (χ0n) is 16.1. The predicted octanol–water partition coefficient (Wildman–Crippen LogP) is 5.15. The molecule has 1 unspecified atom stereocenters. The summed E-state index contributed by atoms with van der Waals surface area (Å²) in [5, 5.41) is 7.09. The zero-order valence-corrected chi connectivity index (χ0v) is 17.0. The first kappa shape index (κ1) is 18.7. The largest absolute Gasteiger partial charge is 0.484 e. The molecule has 0 aliphatic carbocycles. The molecule has 3 aromatic rings. The number of amides is 1. The quantitative estimate of drug-likeness (QED) is 0.667. The predicted molar refractivity (Wildman–Crippen MR) is 114 cm³/mol. The van der Waals surface area contributed by atoms with Crippen molar-refractivity contribution in [3.05, 3.63) is 81.5 Å². The van der Waals surface area contributed by atoms with Crippen molar-refractivity contribution < 1.29 is 9.53 Å². The van der Waals surface area contributed by atoms with Gasteiger partial charge in [0.2, 0.25) is 5.91 Å². The van der Waals surface area contributed by atoms with Crippen molar-refractivity contribution in [3.8, 4) is 5.75 Å². The van der Waals surface area contributed by atoms with Crippen LogP contribution in [-0.4, -0.2) is 17.4 Å². The molecular formula is C23H24N2O2S. The van der Waals surface area contributed by atoms with Crippen LogP contribution in [0.5, 0.6) is 5.75 Å². The first-order chi connectivity index (χ1) is 13.6. The Balaban J connectivity index is 1.57. The Kier molecular flexibility index (Phi) is 5.46. The van der Waals surface area contributed by atoms with Gasteiger partial charge in [-0.05, 0) is 47.5 Å². The minimum atomic E-state index is -0.0528. The van der Waals surface area contributed by atoms with Crippen LogP contribution >= 0.6 is 11.3 Å². The Labute approximate surface area is 169 Å². The van der Waals surface area contributed by atoms with Crippen LogP contribution in [0.1, 0.15) is 35.3 Å². The minimum Gasteiger partial charge on any atom is -0.484 e. The van der Waals surface area contributed by atoms with Crippen LogP contribution in [0.15, 0.2) is 59.3 Å². The molecule has 0 saturated heterocycles. The number of hydrogen-bond donors (Lipinski definition) is 1. The van der Waals surface area contributed by atoms with E-state index in [9.17, 15) is 4.79 Å². The lowest BCUT2D eigenvalue weighted by Gasteiger charge is -2.23.